The van der Waals surface area contributed by atoms with Gasteiger partial charge >= 0.3 is 0 Å². The number of carbonyl (C=O) groups is 2. The SMILES string of the molecule is CC(=O)Nc1ccc(S(=O)(=O)N(C)CC(=O)NCCC[NH+]2CCC(C)CC2)cc1. The van der Waals surface area contributed by atoms with E-state index in [1.54, 1.807) is 4.90 Å². The Kier molecular flexibility index (Phi) is 8.60. The van der Waals surface area contributed by atoms with Crippen LogP contribution in [0.25, 0.3) is 0 Å². The second kappa shape index (κ2) is 10.7. The molecule has 8 nitrogen and oxygen atoms in total. The van der Waals surface area contributed by atoms with E-state index in [2.05, 4.69) is 17.6 Å². The van der Waals surface area contributed by atoms with E-state index >= 15 is 0 Å². The minimum atomic E-state index is -3.78. The molecule has 1 aliphatic rings. The van der Waals surface area contributed by atoms with Crippen LogP contribution in [0.2, 0.25) is 0 Å². The first-order valence-corrected chi connectivity index (χ1v) is 11.6. The molecule has 2 rings (SSSR count). The number of nitrogens with zero attached hydrogens (tertiary/aromatic N) is 1. The van der Waals surface area contributed by atoms with E-state index in [4.69, 9.17) is 0 Å². The number of anilines is 1. The van der Waals surface area contributed by atoms with Gasteiger partial charge in [-0.3, -0.25) is 9.59 Å². The summed E-state index contributed by atoms with van der Waals surface area (Å²) in [5, 5.41) is 5.40. The number of piperidine rings is 1. The molecule has 0 spiro atoms. The fourth-order valence-corrected chi connectivity index (χ4v) is 4.55. The number of quaternary nitrogens is 1. The van der Waals surface area contributed by atoms with Gasteiger partial charge in [0.1, 0.15) is 0 Å². The van der Waals surface area contributed by atoms with Gasteiger partial charge in [-0.1, -0.05) is 6.92 Å². The second-order valence-corrected chi connectivity index (χ2v) is 9.90. The molecule has 1 saturated heterocycles. The van der Waals surface area contributed by atoms with Crippen molar-refractivity contribution in [2.24, 2.45) is 5.92 Å². The monoisotopic (exact) mass is 425 g/mol. The number of hydrogen-bond acceptors (Lipinski definition) is 4. The molecule has 1 aliphatic heterocycles. The number of likely N-dealkylation sites (tertiary alicyclic amines) is 1. The smallest absolute Gasteiger partial charge is 0.243 e. The molecule has 1 fully saturated rings. The van der Waals surface area contributed by atoms with E-state index in [0.29, 0.717) is 12.2 Å². The molecular weight excluding hydrogens is 392 g/mol. The summed E-state index contributed by atoms with van der Waals surface area (Å²) in [6.07, 6.45) is 3.41. The van der Waals surface area contributed by atoms with Crippen LogP contribution in [0.5, 0.6) is 0 Å². The summed E-state index contributed by atoms with van der Waals surface area (Å²) in [6.45, 7) is 7.40. The van der Waals surface area contributed by atoms with Crippen LogP contribution >= 0.6 is 0 Å². The quantitative estimate of drug-likeness (QED) is 0.488. The van der Waals surface area contributed by atoms with Gasteiger partial charge in [0.2, 0.25) is 21.8 Å². The highest BCUT2D eigenvalue weighted by atomic mass is 32.2. The molecule has 0 aromatic heterocycles. The molecule has 2 amide bonds. The van der Waals surface area contributed by atoms with Crippen LogP contribution in [0, 0.1) is 5.92 Å². The second-order valence-electron chi connectivity index (χ2n) is 7.85. The van der Waals surface area contributed by atoms with Crippen LogP contribution in [-0.4, -0.2) is 64.3 Å². The Morgan fingerprint density at radius 2 is 1.79 bits per heavy atom. The maximum Gasteiger partial charge on any atom is 0.243 e. The number of sulfonamides is 1. The maximum atomic E-state index is 12.6. The van der Waals surface area contributed by atoms with E-state index in [1.165, 1.54) is 64.2 Å². The van der Waals surface area contributed by atoms with Gasteiger partial charge in [0.25, 0.3) is 0 Å². The van der Waals surface area contributed by atoms with E-state index < -0.39 is 10.0 Å². The lowest BCUT2D eigenvalue weighted by Gasteiger charge is -2.27. The molecule has 3 N–H and O–H groups in total. The third kappa shape index (κ3) is 7.41. The highest BCUT2D eigenvalue weighted by Gasteiger charge is 2.23. The average molecular weight is 426 g/mol. The Bertz CT molecular complexity index is 787. The third-order valence-electron chi connectivity index (χ3n) is 5.26. The number of carbonyl (C=O) groups excluding carboxylic acids is 2. The molecule has 9 heteroatoms. The lowest BCUT2D eigenvalue weighted by molar-refractivity contribution is -0.906. The molecule has 0 aliphatic carbocycles. The van der Waals surface area contributed by atoms with Crippen LogP contribution in [0.4, 0.5) is 5.69 Å². The summed E-state index contributed by atoms with van der Waals surface area (Å²) in [5.41, 5.74) is 0.516. The first-order valence-electron chi connectivity index (χ1n) is 10.1. The van der Waals surface area contributed by atoms with Crippen LogP contribution in [-0.2, 0) is 19.6 Å². The van der Waals surface area contributed by atoms with Crippen LogP contribution in [0.1, 0.15) is 33.1 Å². The van der Waals surface area contributed by atoms with E-state index in [0.717, 1.165) is 23.2 Å². The van der Waals surface area contributed by atoms with Crippen molar-refractivity contribution in [3.05, 3.63) is 24.3 Å². The van der Waals surface area contributed by atoms with Gasteiger partial charge in [0.05, 0.1) is 31.1 Å². The minimum absolute atomic E-state index is 0.0739. The van der Waals surface area contributed by atoms with Gasteiger partial charge < -0.3 is 15.5 Å². The zero-order chi connectivity index (χ0) is 21.4. The average Bonchev–Trinajstić information content (AvgIpc) is 2.66. The van der Waals surface area contributed by atoms with Gasteiger partial charge in [-0.15, -0.1) is 0 Å². The molecule has 0 unspecified atom stereocenters. The Morgan fingerprint density at radius 3 is 2.38 bits per heavy atom. The van der Waals surface area contributed by atoms with Crippen LogP contribution < -0.4 is 15.5 Å². The van der Waals surface area contributed by atoms with Gasteiger partial charge in [-0.25, -0.2) is 8.42 Å². The maximum absolute atomic E-state index is 12.6. The Hall–Kier alpha value is -1.97. The van der Waals surface area contributed by atoms with Crippen molar-refractivity contribution >= 4 is 27.5 Å². The van der Waals surface area contributed by atoms with Crippen molar-refractivity contribution < 1.29 is 22.9 Å². The molecular formula is C20H33N4O4S+. The highest BCUT2D eigenvalue weighted by molar-refractivity contribution is 7.89. The highest BCUT2D eigenvalue weighted by Crippen LogP contribution is 2.17. The summed E-state index contributed by atoms with van der Waals surface area (Å²) in [6, 6.07) is 5.87. The van der Waals surface area contributed by atoms with Gasteiger partial charge in [-0.2, -0.15) is 4.31 Å². The molecule has 0 bridgehead atoms. The number of rotatable bonds is 9. The molecule has 1 aromatic rings. The van der Waals surface area contributed by atoms with Crippen LogP contribution in [0.15, 0.2) is 29.2 Å². The van der Waals surface area contributed by atoms with Crippen molar-refractivity contribution in [2.45, 2.75) is 38.0 Å². The molecule has 0 atom stereocenters. The topological polar surface area (TPSA) is 100 Å². The minimum Gasteiger partial charge on any atom is -0.355 e. The standard InChI is InChI=1S/C20H32N4O4S/c1-16-9-13-24(14-10-16)12-4-11-21-20(26)15-23(3)29(27,28)19-7-5-18(6-8-19)22-17(2)25/h5-8,16H,4,9-15H2,1-3H3,(H,21,26)(H,22,25)/p+1. The third-order valence-corrected chi connectivity index (χ3v) is 7.08. The predicted molar refractivity (Wildman–Crippen MR) is 112 cm³/mol. The van der Waals surface area contributed by atoms with Crippen molar-refractivity contribution in [3.63, 3.8) is 0 Å². The first kappa shape index (κ1) is 23.3. The number of nitrogens with one attached hydrogen (secondary N) is 3. The van der Waals surface area contributed by atoms with Crippen molar-refractivity contribution in [1.29, 1.82) is 0 Å². The zero-order valence-electron chi connectivity index (χ0n) is 17.5. The number of benzene rings is 1. The molecule has 0 saturated carbocycles. The molecule has 162 valence electrons. The molecule has 0 radical (unpaired) electrons. The van der Waals surface area contributed by atoms with Gasteiger partial charge in [0, 0.05) is 32.6 Å². The predicted octanol–water partition coefficient (Wildman–Crippen LogP) is 0.0866. The van der Waals surface area contributed by atoms with Gasteiger partial charge in [-0.05, 0) is 43.0 Å². The summed E-state index contributed by atoms with van der Waals surface area (Å²) in [4.78, 5) is 24.8. The summed E-state index contributed by atoms with van der Waals surface area (Å²) >= 11 is 0. The summed E-state index contributed by atoms with van der Waals surface area (Å²) in [5.74, 6) is 0.275. The van der Waals surface area contributed by atoms with Gasteiger partial charge in [0.15, 0.2) is 0 Å². The van der Waals surface area contributed by atoms with Crippen molar-refractivity contribution in [1.82, 2.24) is 9.62 Å². The lowest BCUT2D eigenvalue weighted by Crippen LogP contribution is -3.13. The number of hydrogen-bond donors (Lipinski definition) is 3. The number of likely N-dealkylation sites (N-methyl/N-ethyl adjacent to an activating group) is 1. The fourth-order valence-electron chi connectivity index (χ4n) is 3.42. The normalized spacial score (nSPS) is 19.7. The number of amides is 2. The molecule has 1 aromatic carbocycles. The van der Waals surface area contributed by atoms with Crippen LogP contribution in [0.3, 0.4) is 0 Å². The molecule has 29 heavy (non-hydrogen) atoms. The lowest BCUT2D eigenvalue weighted by atomic mass is 9.99. The zero-order valence-corrected chi connectivity index (χ0v) is 18.3. The molecule has 1 heterocycles. The Balaban J connectivity index is 1.76. The summed E-state index contributed by atoms with van der Waals surface area (Å²) < 4.78 is 26.3. The van der Waals surface area contributed by atoms with E-state index in [1.807, 2.05) is 0 Å². The summed E-state index contributed by atoms with van der Waals surface area (Å²) in [7, 11) is -2.39. The van der Waals surface area contributed by atoms with Crippen molar-refractivity contribution in [3.8, 4) is 0 Å². The van der Waals surface area contributed by atoms with E-state index in [9.17, 15) is 18.0 Å². The Labute approximate surface area is 173 Å². The van der Waals surface area contributed by atoms with E-state index in [-0.39, 0.29) is 23.3 Å². The fraction of sp³-hybridized carbons (Fsp3) is 0.600. The van der Waals surface area contributed by atoms with Crippen molar-refractivity contribution in [2.75, 3.05) is 45.1 Å². The largest absolute Gasteiger partial charge is 0.355 e. The first-order chi connectivity index (χ1) is 13.7. The Morgan fingerprint density at radius 1 is 1.17 bits per heavy atom.